The molecule has 4 rings (SSSR count). The van der Waals surface area contributed by atoms with Crippen LogP contribution in [0.2, 0.25) is 0 Å². The van der Waals surface area contributed by atoms with Gasteiger partial charge < -0.3 is 19.7 Å². The molecule has 0 aliphatic carbocycles. The van der Waals surface area contributed by atoms with Crippen LogP contribution in [0, 0.1) is 5.92 Å². The Morgan fingerprint density at radius 1 is 1.12 bits per heavy atom. The predicted octanol–water partition coefficient (Wildman–Crippen LogP) is 2.16. The van der Waals surface area contributed by atoms with E-state index in [4.69, 9.17) is 9.47 Å². The number of nitrogens with one attached hydrogen (secondary N) is 1. The number of amides is 2. The zero-order chi connectivity index (χ0) is 24.5. The molecule has 9 nitrogen and oxygen atoms in total. The molecule has 1 fully saturated rings. The van der Waals surface area contributed by atoms with Gasteiger partial charge in [-0.15, -0.1) is 0 Å². The number of benzene rings is 2. The van der Waals surface area contributed by atoms with Crippen molar-refractivity contribution in [2.24, 2.45) is 5.92 Å². The van der Waals surface area contributed by atoms with E-state index in [1.165, 1.54) is 4.31 Å². The van der Waals surface area contributed by atoms with E-state index < -0.39 is 15.9 Å². The number of carbonyl (C=O) groups is 2. The fourth-order valence-electron chi connectivity index (χ4n) is 3.89. The molecule has 1 unspecified atom stereocenters. The third-order valence-electron chi connectivity index (χ3n) is 6.13. The van der Waals surface area contributed by atoms with Gasteiger partial charge in [0.1, 0.15) is 13.2 Å². The van der Waals surface area contributed by atoms with Crippen molar-refractivity contribution < 1.29 is 27.5 Å². The minimum atomic E-state index is -3.56. The summed E-state index contributed by atoms with van der Waals surface area (Å²) in [6.45, 7) is 5.09. The first-order valence-electron chi connectivity index (χ1n) is 11.2. The molecule has 2 aliphatic heterocycles. The van der Waals surface area contributed by atoms with E-state index in [1.807, 2.05) is 13.8 Å². The third kappa shape index (κ3) is 4.88. The average molecular weight is 488 g/mol. The first-order valence-corrected chi connectivity index (χ1v) is 12.7. The molecule has 0 radical (unpaired) electrons. The van der Waals surface area contributed by atoms with Crippen molar-refractivity contribution in [1.82, 2.24) is 9.62 Å². The molecule has 0 spiro atoms. The van der Waals surface area contributed by atoms with Gasteiger partial charge in [0.05, 0.1) is 10.8 Å². The van der Waals surface area contributed by atoms with Crippen LogP contribution < -0.4 is 19.7 Å². The zero-order valence-electron chi connectivity index (χ0n) is 19.5. The van der Waals surface area contributed by atoms with E-state index in [9.17, 15) is 18.0 Å². The maximum absolute atomic E-state index is 12.7. The topological polar surface area (TPSA) is 105 Å². The number of anilines is 1. The highest BCUT2D eigenvalue weighted by Crippen LogP contribution is 2.36. The van der Waals surface area contributed by atoms with Crippen LogP contribution in [0.25, 0.3) is 0 Å². The van der Waals surface area contributed by atoms with Crippen LogP contribution in [0.4, 0.5) is 5.69 Å². The molecule has 2 heterocycles. The lowest BCUT2D eigenvalue weighted by Gasteiger charge is -2.22. The molecular weight excluding hydrogens is 458 g/mol. The Morgan fingerprint density at radius 2 is 1.79 bits per heavy atom. The number of hydrogen-bond donors (Lipinski definition) is 1. The van der Waals surface area contributed by atoms with Crippen molar-refractivity contribution in [2.75, 3.05) is 31.7 Å². The normalized spacial score (nSPS) is 18.0. The Balaban J connectivity index is 1.35. The second kappa shape index (κ2) is 9.63. The van der Waals surface area contributed by atoms with Gasteiger partial charge in [0, 0.05) is 44.4 Å². The lowest BCUT2D eigenvalue weighted by Crippen LogP contribution is -2.33. The minimum Gasteiger partial charge on any atom is -0.486 e. The van der Waals surface area contributed by atoms with Gasteiger partial charge in [0.25, 0.3) is 0 Å². The molecule has 2 aromatic rings. The highest BCUT2D eigenvalue weighted by Gasteiger charge is 2.35. The average Bonchev–Trinajstić information content (AvgIpc) is 3.23. The van der Waals surface area contributed by atoms with Gasteiger partial charge in [-0.25, -0.2) is 8.42 Å². The Kier molecular flexibility index (Phi) is 6.81. The first-order chi connectivity index (χ1) is 16.2. The quantitative estimate of drug-likeness (QED) is 0.642. The molecule has 0 saturated carbocycles. The Labute approximate surface area is 199 Å². The van der Waals surface area contributed by atoms with Crippen LogP contribution in [-0.4, -0.2) is 57.4 Å². The monoisotopic (exact) mass is 487 g/mol. The number of nitrogens with zero attached hydrogens (tertiary/aromatic N) is 2. The lowest BCUT2D eigenvalue weighted by atomic mass is 10.1. The number of hydrogen-bond acceptors (Lipinski definition) is 6. The van der Waals surface area contributed by atoms with Gasteiger partial charge in [0.2, 0.25) is 21.8 Å². The van der Waals surface area contributed by atoms with E-state index in [-0.39, 0.29) is 42.3 Å². The van der Waals surface area contributed by atoms with E-state index in [2.05, 4.69) is 5.32 Å². The third-order valence-corrected chi connectivity index (χ3v) is 8.18. The maximum Gasteiger partial charge on any atom is 0.243 e. The fourth-order valence-corrected chi connectivity index (χ4v) is 5.26. The van der Waals surface area contributed by atoms with Crippen molar-refractivity contribution in [3.05, 3.63) is 48.0 Å². The molecule has 1 N–H and O–H groups in total. The van der Waals surface area contributed by atoms with Crippen LogP contribution in [0.1, 0.15) is 25.8 Å². The largest absolute Gasteiger partial charge is 0.486 e. The lowest BCUT2D eigenvalue weighted by molar-refractivity contribution is -0.126. The van der Waals surface area contributed by atoms with Crippen molar-refractivity contribution >= 4 is 27.5 Å². The molecule has 2 aromatic carbocycles. The van der Waals surface area contributed by atoms with Gasteiger partial charge in [0.15, 0.2) is 11.5 Å². The highest BCUT2D eigenvalue weighted by atomic mass is 32.2. The minimum absolute atomic E-state index is 0.124. The standard InChI is InChI=1S/C24H29N3O6S/c1-16(2)26(3)34(30,31)20-7-4-17(5-8-20)14-25-24(29)18-12-23(28)27(15-18)19-6-9-21-22(13-19)33-11-10-32-21/h4-9,13,16,18H,10-12,14-15H2,1-3H3,(H,25,29). The van der Waals surface area contributed by atoms with Crippen molar-refractivity contribution in [3.63, 3.8) is 0 Å². The molecule has 1 saturated heterocycles. The van der Waals surface area contributed by atoms with Gasteiger partial charge >= 0.3 is 0 Å². The number of fused-ring (bicyclic) bond motifs is 1. The number of sulfonamides is 1. The molecule has 0 bridgehead atoms. The molecule has 10 heteroatoms. The molecule has 2 aliphatic rings. The second-order valence-electron chi connectivity index (χ2n) is 8.71. The molecule has 182 valence electrons. The van der Waals surface area contributed by atoms with E-state index in [1.54, 1.807) is 54.4 Å². The summed E-state index contributed by atoms with van der Waals surface area (Å²) in [4.78, 5) is 27.1. The summed E-state index contributed by atoms with van der Waals surface area (Å²) in [5, 5.41) is 2.86. The van der Waals surface area contributed by atoms with Crippen LogP contribution in [0.15, 0.2) is 47.4 Å². The summed E-state index contributed by atoms with van der Waals surface area (Å²) in [6.07, 6.45) is 0.124. The Bertz CT molecular complexity index is 1180. The number of carbonyl (C=O) groups excluding carboxylic acids is 2. The SMILES string of the molecule is CC(C)N(C)S(=O)(=O)c1ccc(CNC(=O)C2CC(=O)N(c3ccc4c(c3)OCCO4)C2)cc1. The van der Waals surface area contributed by atoms with Crippen LogP contribution >= 0.6 is 0 Å². The number of ether oxygens (including phenoxy) is 2. The summed E-state index contributed by atoms with van der Waals surface area (Å²) in [5.74, 6) is 0.422. The van der Waals surface area contributed by atoms with E-state index in [0.29, 0.717) is 30.4 Å². The number of rotatable bonds is 7. The van der Waals surface area contributed by atoms with Crippen molar-refractivity contribution in [3.8, 4) is 11.5 Å². The Hall–Kier alpha value is -3.11. The second-order valence-corrected chi connectivity index (χ2v) is 10.7. The summed E-state index contributed by atoms with van der Waals surface area (Å²) < 4.78 is 37.6. The smallest absolute Gasteiger partial charge is 0.243 e. The summed E-state index contributed by atoms with van der Waals surface area (Å²) in [6, 6.07) is 11.6. The summed E-state index contributed by atoms with van der Waals surface area (Å²) in [7, 11) is -2.01. The van der Waals surface area contributed by atoms with Crippen LogP contribution in [-0.2, 0) is 26.2 Å². The maximum atomic E-state index is 12.7. The van der Waals surface area contributed by atoms with Gasteiger partial charge in [-0.3, -0.25) is 9.59 Å². The zero-order valence-corrected chi connectivity index (χ0v) is 20.3. The Morgan fingerprint density at radius 3 is 2.47 bits per heavy atom. The molecule has 34 heavy (non-hydrogen) atoms. The van der Waals surface area contributed by atoms with Gasteiger partial charge in [-0.2, -0.15) is 4.31 Å². The summed E-state index contributed by atoms with van der Waals surface area (Å²) >= 11 is 0. The fraction of sp³-hybridized carbons (Fsp3) is 0.417. The molecule has 2 amide bonds. The van der Waals surface area contributed by atoms with E-state index >= 15 is 0 Å². The van der Waals surface area contributed by atoms with Crippen LogP contribution in [0.5, 0.6) is 11.5 Å². The summed E-state index contributed by atoms with van der Waals surface area (Å²) in [5.41, 5.74) is 1.44. The van der Waals surface area contributed by atoms with Crippen LogP contribution in [0.3, 0.4) is 0 Å². The highest BCUT2D eigenvalue weighted by molar-refractivity contribution is 7.89. The van der Waals surface area contributed by atoms with Crippen molar-refractivity contribution in [1.29, 1.82) is 0 Å². The predicted molar refractivity (Wildman–Crippen MR) is 126 cm³/mol. The van der Waals surface area contributed by atoms with Crippen molar-refractivity contribution in [2.45, 2.75) is 37.8 Å². The van der Waals surface area contributed by atoms with Gasteiger partial charge in [-0.1, -0.05) is 12.1 Å². The first kappa shape index (κ1) is 24.0. The molecule has 0 aromatic heterocycles. The van der Waals surface area contributed by atoms with Gasteiger partial charge in [-0.05, 0) is 43.7 Å². The van der Waals surface area contributed by atoms with E-state index in [0.717, 1.165) is 5.56 Å². The molecular formula is C24H29N3O6S. The molecule has 1 atom stereocenters.